The van der Waals surface area contributed by atoms with Gasteiger partial charge in [0.2, 0.25) is 5.91 Å². The molecule has 0 bridgehead atoms. The fourth-order valence-electron chi connectivity index (χ4n) is 1.21. The second-order valence-electron chi connectivity index (χ2n) is 4.25. The topological polar surface area (TPSA) is 69.6 Å². The van der Waals surface area contributed by atoms with Gasteiger partial charge in [0.05, 0.1) is 18.8 Å². The first kappa shape index (κ1) is 14.7. The van der Waals surface area contributed by atoms with Crippen molar-refractivity contribution in [3.05, 3.63) is 40.9 Å². The van der Waals surface area contributed by atoms with Gasteiger partial charge in [-0.05, 0) is 30.7 Å². The Morgan fingerprint density at radius 3 is 2.39 bits per heavy atom. The molecule has 0 unspecified atom stereocenters. The van der Waals surface area contributed by atoms with E-state index in [9.17, 15) is 4.79 Å². The third-order valence-corrected chi connectivity index (χ3v) is 2.67. The van der Waals surface area contributed by atoms with Crippen LogP contribution in [0.15, 0.2) is 30.3 Å². The van der Waals surface area contributed by atoms with Gasteiger partial charge in [-0.1, -0.05) is 23.7 Å². The maximum absolute atomic E-state index is 11.6. The van der Waals surface area contributed by atoms with Crippen molar-refractivity contribution in [3.63, 3.8) is 0 Å². The van der Waals surface area contributed by atoms with Crippen LogP contribution in [0, 0.1) is 0 Å². The average molecular weight is 270 g/mol. The summed E-state index contributed by atoms with van der Waals surface area (Å²) in [4.78, 5) is 11.6. The van der Waals surface area contributed by atoms with Gasteiger partial charge in [-0.2, -0.15) is 0 Å². The van der Waals surface area contributed by atoms with Crippen molar-refractivity contribution >= 4 is 23.6 Å². The van der Waals surface area contributed by atoms with E-state index in [1.165, 1.54) is 6.08 Å². The molecule has 98 valence electrons. The number of hydrogen-bond donors (Lipinski definition) is 3. The van der Waals surface area contributed by atoms with Crippen molar-refractivity contribution in [1.82, 2.24) is 5.32 Å². The van der Waals surface area contributed by atoms with E-state index in [1.807, 2.05) is 0 Å². The van der Waals surface area contributed by atoms with Crippen molar-refractivity contribution < 1.29 is 15.0 Å². The van der Waals surface area contributed by atoms with Gasteiger partial charge in [-0.15, -0.1) is 0 Å². The zero-order chi connectivity index (χ0) is 13.6. The summed E-state index contributed by atoms with van der Waals surface area (Å²) in [5.74, 6) is -0.379. The Labute approximate surface area is 111 Å². The summed E-state index contributed by atoms with van der Waals surface area (Å²) >= 11 is 5.74. The maximum atomic E-state index is 11.6. The van der Waals surface area contributed by atoms with E-state index in [4.69, 9.17) is 21.8 Å². The highest BCUT2D eigenvalue weighted by molar-refractivity contribution is 6.30. The van der Waals surface area contributed by atoms with Crippen LogP contribution in [-0.4, -0.2) is 34.9 Å². The Morgan fingerprint density at radius 1 is 1.33 bits per heavy atom. The van der Waals surface area contributed by atoms with Gasteiger partial charge in [-0.25, -0.2) is 0 Å². The zero-order valence-corrected chi connectivity index (χ0v) is 10.8. The van der Waals surface area contributed by atoms with Gasteiger partial charge in [0.1, 0.15) is 0 Å². The van der Waals surface area contributed by atoms with Crippen LogP contribution >= 0.6 is 11.6 Å². The molecule has 0 atom stereocenters. The Morgan fingerprint density at radius 2 is 1.89 bits per heavy atom. The van der Waals surface area contributed by atoms with E-state index in [1.54, 1.807) is 37.3 Å². The minimum atomic E-state index is -1.01. The summed E-state index contributed by atoms with van der Waals surface area (Å²) in [6.45, 7) is 0.898. The van der Waals surface area contributed by atoms with Gasteiger partial charge < -0.3 is 15.5 Å². The van der Waals surface area contributed by atoms with Crippen LogP contribution in [0.2, 0.25) is 5.02 Å². The quantitative estimate of drug-likeness (QED) is 0.704. The smallest absolute Gasteiger partial charge is 0.244 e. The fraction of sp³-hybridized carbons (Fsp3) is 0.308. The lowest BCUT2D eigenvalue weighted by atomic mass is 10.1. The van der Waals surface area contributed by atoms with E-state index in [2.05, 4.69) is 5.32 Å². The molecule has 1 aromatic carbocycles. The van der Waals surface area contributed by atoms with Crippen LogP contribution in [0.1, 0.15) is 12.5 Å². The SMILES string of the molecule is CC(CO)(CO)NC(=O)/C=C/c1ccc(Cl)cc1. The zero-order valence-electron chi connectivity index (χ0n) is 10.1. The maximum Gasteiger partial charge on any atom is 0.244 e. The number of aliphatic hydroxyl groups is 2. The molecule has 0 aliphatic rings. The number of halogens is 1. The van der Waals surface area contributed by atoms with Crippen LogP contribution in [0.4, 0.5) is 0 Å². The van der Waals surface area contributed by atoms with E-state index in [-0.39, 0.29) is 19.1 Å². The molecule has 0 spiro atoms. The molecule has 1 amide bonds. The summed E-state index contributed by atoms with van der Waals surface area (Å²) < 4.78 is 0. The highest BCUT2D eigenvalue weighted by Gasteiger charge is 2.23. The minimum Gasteiger partial charge on any atom is -0.394 e. The highest BCUT2D eigenvalue weighted by atomic mass is 35.5. The lowest BCUT2D eigenvalue weighted by Gasteiger charge is -2.25. The number of amides is 1. The Bertz CT molecular complexity index is 424. The average Bonchev–Trinajstić information content (AvgIpc) is 2.38. The molecule has 5 heteroatoms. The van der Waals surface area contributed by atoms with Crippen LogP contribution in [0.25, 0.3) is 6.08 Å². The van der Waals surface area contributed by atoms with Gasteiger partial charge in [0, 0.05) is 11.1 Å². The molecule has 1 rings (SSSR count). The van der Waals surface area contributed by atoms with E-state index >= 15 is 0 Å². The molecule has 0 saturated heterocycles. The van der Waals surface area contributed by atoms with E-state index in [0.29, 0.717) is 5.02 Å². The fourth-order valence-corrected chi connectivity index (χ4v) is 1.34. The molecule has 4 nitrogen and oxygen atoms in total. The molecule has 0 radical (unpaired) electrons. The first-order valence-corrected chi connectivity index (χ1v) is 5.84. The Kier molecular flexibility index (Phi) is 5.34. The van der Waals surface area contributed by atoms with E-state index in [0.717, 1.165) is 5.56 Å². The minimum absolute atomic E-state index is 0.329. The monoisotopic (exact) mass is 269 g/mol. The van der Waals surface area contributed by atoms with Gasteiger partial charge in [0.15, 0.2) is 0 Å². The van der Waals surface area contributed by atoms with Gasteiger partial charge in [0.25, 0.3) is 0 Å². The number of aliphatic hydroxyl groups excluding tert-OH is 2. The molecule has 0 aromatic heterocycles. The Hall–Kier alpha value is -1.36. The number of rotatable bonds is 5. The summed E-state index contributed by atoms with van der Waals surface area (Å²) in [5, 5.41) is 21.2. The molecule has 0 aliphatic heterocycles. The number of benzene rings is 1. The molecule has 0 fully saturated rings. The third kappa shape index (κ3) is 4.49. The molecule has 3 N–H and O–H groups in total. The number of carbonyl (C=O) groups excluding carboxylic acids is 1. The van der Waals surface area contributed by atoms with Crippen LogP contribution < -0.4 is 5.32 Å². The summed E-state index contributed by atoms with van der Waals surface area (Å²) in [7, 11) is 0. The molecule has 18 heavy (non-hydrogen) atoms. The third-order valence-electron chi connectivity index (χ3n) is 2.42. The summed E-state index contributed by atoms with van der Waals surface area (Å²) in [6, 6.07) is 7.02. The van der Waals surface area contributed by atoms with E-state index < -0.39 is 5.54 Å². The van der Waals surface area contributed by atoms with Crippen molar-refractivity contribution in [1.29, 1.82) is 0 Å². The second kappa shape index (κ2) is 6.54. The first-order valence-electron chi connectivity index (χ1n) is 5.46. The predicted octanol–water partition coefficient (Wildman–Crippen LogP) is 1.21. The van der Waals surface area contributed by atoms with Crippen LogP contribution in [0.5, 0.6) is 0 Å². The normalized spacial score (nSPS) is 11.8. The number of hydrogen-bond acceptors (Lipinski definition) is 3. The number of carbonyl (C=O) groups is 1. The molecule has 1 aromatic rings. The molecule has 0 heterocycles. The largest absolute Gasteiger partial charge is 0.394 e. The van der Waals surface area contributed by atoms with Crippen molar-refractivity contribution in [2.75, 3.05) is 13.2 Å². The summed E-state index contributed by atoms with van der Waals surface area (Å²) in [6.07, 6.45) is 2.97. The van der Waals surface area contributed by atoms with Crippen molar-refractivity contribution in [2.24, 2.45) is 0 Å². The van der Waals surface area contributed by atoms with Crippen LogP contribution in [0.3, 0.4) is 0 Å². The van der Waals surface area contributed by atoms with Crippen molar-refractivity contribution in [2.45, 2.75) is 12.5 Å². The number of nitrogens with one attached hydrogen (secondary N) is 1. The van der Waals surface area contributed by atoms with Gasteiger partial charge in [-0.3, -0.25) is 4.79 Å². The lowest BCUT2D eigenvalue weighted by Crippen LogP contribution is -2.51. The highest BCUT2D eigenvalue weighted by Crippen LogP contribution is 2.10. The predicted molar refractivity (Wildman–Crippen MR) is 71.2 cm³/mol. The van der Waals surface area contributed by atoms with Crippen molar-refractivity contribution in [3.8, 4) is 0 Å². The standard InChI is InChI=1S/C13H16ClNO3/c1-13(8-16,9-17)15-12(18)7-4-10-2-5-11(14)6-3-10/h2-7,16-17H,8-9H2,1H3,(H,15,18)/b7-4+. The first-order chi connectivity index (χ1) is 8.49. The van der Waals surface area contributed by atoms with Gasteiger partial charge >= 0.3 is 0 Å². The molecular formula is C13H16ClNO3. The molecule has 0 aliphatic carbocycles. The summed E-state index contributed by atoms with van der Waals surface area (Å²) in [5.41, 5.74) is -0.175. The molecule has 0 saturated carbocycles. The second-order valence-corrected chi connectivity index (χ2v) is 4.69. The Balaban J connectivity index is 2.62. The van der Waals surface area contributed by atoms with Crippen LogP contribution in [-0.2, 0) is 4.79 Å². The lowest BCUT2D eigenvalue weighted by molar-refractivity contribution is -0.119. The molecular weight excluding hydrogens is 254 g/mol.